The molecule has 0 saturated carbocycles. The van der Waals surface area contributed by atoms with Crippen molar-refractivity contribution in [1.82, 2.24) is 0 Å². The zero-order chi connectivity index (χ0) is 11.4. The number of rotatable bonds is 4. The summed E-state index contributed by atoms with van der Waals surface area (Å²) < 4.78 is 0. The van der Waals surface area contributed by atoms with Gasteiger partial charge >= 0.3 is 0 Å². The lowest BCUT2D eigenvalue weighted by Gasteiger charge is -2.17. The molecule has 0 aliphatic rings. The van der Waals surface area contributed by atoms with Gasteiger partial charge in [-0.15, -0.1) is 0 Å². The van der Waals surface area contributed by atoms with Crippen molar-refractivity contribution in [1.29, 1.82) is 0 Å². The summed E-state index contributed by atoms with van der Waals surface area (Å²) in [7, 11) is 0. The summed E-state index contributed by atoms with van der Waals surface area (Å²) in [4.78, 5) is 0. The summed E-state index contributed by atoms with van der Waals surface area (Å²) in [5.41, 5.74) is 10.4. The highest BCUT2D eigenvalue weighted by Gasteiger charge is 2.05. The van der Waals surface area contributed by atoms with Crippen LogP contribution < -0.4 is 11.1 Å². The monoisotopic (exact) mass is 206 g/mol. The van der Waals surface area contributed by atoms with Crippen molar-refractivity contribution in [2.75, 3.05) is 11.1 Å². The van der Waals surface area contributed by atoms with Crippen LogP contribution in [0.15, 0.2) is 12.1 Å². The van der Waals surface area contributed by atoms with E-state index in [-0.39, 0.29) is 0 Å². The molecule has 0 heterocycles. The molecule has 0 bridgehead atoms. The van der Waals surface area contributed by atoms with E-state index >= 15 is 0 Å². The number of nitrogen functional groups attached to an aromatic ring is 1. The lowest BCUT2D eigenvalue weighted by Crippen LogP contribution is -2.15. The van der Waals surface area contributed by atoms with Gasteiger partial charge in [0, 0.05) is 17.4 Å². The van der Waals surface area contributed by atoms with Crippen molar-refractivity contribution in [3.05, 3.63) is 23.3 Å². The first-order valence-corrected chi connectivity index (χ1v) is 5.67. The molecule has 0 amide bonds. The van der Waals surface area contributed by atoms with E-state index in [1.54, 1.807) is 0 Å². The molecule has 1 aromatic rings. The van der Waals surface area contributed by atoms with Crippen molar-refractivity contribution in [2.24, 2.45) is 0 Å². The number of benzene rings is 1. The van der Waals surface area contributed by atoms with Crippen molar-refractivity contribution in [2.45, 2.75) is 46.6 Å². The second-order valence-corrected chi connectivity index (χ2v) is 4.36. The molecule has 2 nitrogen and oxygen atoms in total. The van der Waals surface area contributed by atoms with Crippen LogP contribution in [-0.2, 0) is 0 Å². The summed E-state index contributed by atoms with van der Waals surface area (Å²) in [6.45, 7) is 8.57. The Balaban J connectivity index is 2.81. The van der Waals surface area contributed by atoms with Gasteiger partial charge in [-0.3, -0.25) is 0 Å². The molecule has 1 aromatic carbocycles. The van der Waals surface area contributed by atoms with Gasteiger partial charge in [-0.2, -0.15) is 0 Å². The summed E-state index contributed by atoms with van der Waals surface area (Å²) in [6, 6.07) is 4.68. The topological polar surface area (TPSA) is 38.0 Å². The highest BCUT2D eigenvalue weighted by Crippen LogP contribution is 2.23. The van der Waals surface area contributed by atoms with E-state index in [1.807, 2.05) is 13.0 Å². The van der Waals surface area contributed by atoms with Crippen molar-refractivity contribution in [3.63, 3.8) is 0 Å². The lowest BCUT2D eigenvalue weighted by atomic mass is 10.1. The number of hydrogen-bond donors (Lipinski definition) is 2. The Morgan fingerprint density at radius 2 is 1.93 bits per heavy atom. The third-order valence-electron chi connectivity index (χ3n) is 2.74. The van der Waals surface area contributed by atoms with E-state index < -0.39 is 0 Å². The largest absolute Gasteiger partial charge is 0.398 e. The van der Waals surface area contributed by atoms with E-state index in [9.17, 15) is 0 Å². The highest BCUT2D eigenvalue weighted by atomic mass is 14.9. The van der Waals surface area contributed by atoms with E-state index in [0.717, 1.165) is 11.3 Å². The van der Waals surface area contributed by atoms with Crippen LogP contribution in [0.1, 0.15) is 37.8 Å². The fourth-order valence-electron chi connectivity index (χ4n) is 1.80. The minimum atomic E-state index is 0.510. The van der Waals surface area contributed by atoms with Gasteiger partial charge in [-0.05, 0) is 44.4 Å². The third-order valence-corrected chi connectivity index (χ3v) is 2.74. The lowest BCUT2D eigenvalue weighted by molar-refractivity contribution is 0.690. The molecule has 0 radical (unpaired) electrons. The first-order valence-electron chi connectivity index (χ1n) is 5.67. The highest BCUT2D eigenvalue weighted by molar-refractivity contribution is 5.63. The van der Waals surface area contributed by atoms with Crippen LogP contribution in [0.2, 0.25) is 0 Å². The summed E-state index contributed by atoms with van der Waals surface area (Å²) in [5.74, 6) is 0. The minimum absolute atomic E-state index is 0.510. The molecule has 1 unspecified atom stereocenters. The Labute approximate surface area is 92.9 Å². The Morgan fingerprint density at radius 1 is 1.27 bits per heavy atom. The van der Waals surface area contributed by atoms with E-state index in [1.165, 1.54) is 24.1 Å². The summed E-state index contributed by atoms with van der Waals surface area (Å²) in [5, 5.41) is 3.50. The van der Waals surface area contributed by atoms with Crippen LogP contribution in [0.3, 0.4) is 0 Å². The van der Waals surface area contributed by atoms with Crippen LogP contribution in [-0.4, -0.2) is 6.04 Å². The molecule has 0 aliphatic carbocycles. The third kappa shape index (κ3) is 3.15. The van der Waals surface area contributed by atoms with Gasteiger partial charge in [0.1, 0.15) is 0 Å². The number of aryl methyl sites for hydroxylation is 2. The fraction of sp³-hybridized carbons (Fsp3) is 0.538. The van der Waals surface area contributed by atoms with Crippen LogP contribution in [0.4, 0.5) is 11.4 Å². The molecular formula is C13H22N2. The van der Waals surface area contributed by atoms with E-state index in [2.05, 4.69) is 32.2 Å². The number of hydrogen-bond acceptors (Lipinski definition) is 2. The van der Waals surface area contributed by atoms with Gasteiger partial charge in [0.25, 0.3) is 0 Å². The van der Waals surface area contributed by atoms with Gasteiger partial charge in [-0.1, -0.05) is 19.4 Å². The maximum absolute atomic E-state index is 5.90. The van der Waals surface area contributed by atoms with Crippen LogP contribution in [0, 0.1) is 13.8 Å². The molecule has 0 aromatic heterocycles. The van der Waals surface area contributed by atoms with Crippen molar-refractivity contribution >= 4 is 11.4 Å². The number of anilines is 2. The molecule has 1 atom stereocenters. The average Bonchev–Trinajstić information content (AvgIpc) is 2.14. The maximum Gasteiger partial charge on any atom is 0.0392 e. The molecule has 2 heteroatoms. The molecular weight excluding hydrogens is 184 g/mol. The predicted octanol–water partition coefficient (Wildman–Crippen LogP) is 3.49. The SMILES string of the molecule is CCCC(C)Nc1cc(N)c(C)cc1C. The quantitative estimate of drug-likeness (QED) is 0.740. The van der Waals surface area contributed by atoms with Crippen molar-refractivity contribution < 1.29 is 0 Å². The average molecular weight is 206 g/mol. The standard InChI is InChI=1S/C13H22N2/c1-5-6-11(4)15-13-8-12(14)9(2)7-10(13)3/h7-8,11,15H,5-6,14H2,1-4H3. The normalized spacial score (nSPS) is 12.5. The van der Waals surface area contributed by atoms with Crippen LogP contribution in [0.25, 0.3) is 0 Å². The van der Waals surface area contributed by atoms with Crippen LogP contribution >= 0.6 is 0 Å². The zero-order valence-electron chi connectivity index (χ0n) is 10.2. The van der Waals surface area contributed by atoms with Gasteiger partial charge in [-0.25, -0.2) is 0 Å². The molecule has 0 aliphatic heterocycles. The van der Waals surface area contributed by atoms with Crippen molar-refractivity contribution in [3.8, 4) is 0 Å². The molecule has 84 valence electrons. The predicted molar refractivity (Wildman–Crippen MR) is 68.3 cm³/mol. The molecule has 0 fully saturated rings. The first kappa shape index (κ1) is 11.9. The second kappa shape index (κ2) is 5.06. The fourth-order valence-corrected chi connectivity index (χ4v) is 1.80. The Kier molecular flexibility index (Phi) is 4.01. The number of nitrogens with one attached hydrogen (secondary N) is 1. The Bertz CT molecular complexity index is 332. The molecule has 1 rings (SSSR count). The zero-order valence-corrected chi connectivity index (χ0v) is 10.2. The molecule has 3 N–H and O–H groups in total. The first-order chi connectivity index (χ1) is 7.04. The minimum Gasteiger partial charge on any atom is -0.398 e. The maximum atomic E-state index is 5.90. The smallest absolute Gasteiger partial charge is 0.0392 e. The number of nitrogens with two attached hydrogens (primary N) is 1. The van der Waals surface area contributed by atoms with E-state index in [0.29, 0.717) is 6.04 Å². The van der Waals surface area contributed by atoms with Gasteiger partial charge in [0.15, 0.2) is 0 Å². The Morgan fingerprint density at radius 3 is 2.53 bits per heavy atom. The Hall–Kier alpha value is -1.18. The molecule has 15 heavy (non-hydrogen) atoms. The van der Waals surface area contributed by atoms with E-state index in [4.69, 9.17) is 5.73 Å². The van der Waals surface area contributed by atoms with Gasteiger partial charge < -0.3 is 11.1 Å². The summed E-state index contributed by atoms with van der Waals surface area (Å²) in [6.07, 6.45) is 2.39. The summed E-state index contributed by atoms with van der Waals surface area (Å²) >= 11 is 0. The molecule has 0 spiro atoms. The second-order valence-electron chi connectivity index (χ2n) is 4.36. The van der Waals surface area contributed by atoms with Gasteiger partial charge in [0.2, 0.25) is 0 Å². The molecule has 0 saturated heterocycles. The van der Waals surface area contributed by atoms with Gasteiger partial charge in [0.05, 0.1) is 0 Å². The van der Waals surface area contributed by atoms with Crippen LogP contribution in [0.5, 0.6) is 0 Å².